The maximum atomic E-state index is 11.1. The first-order valence-electron chi connectivity index (χ1n) is 4.39. The summed E-state index contributed by atoms with van der Waals surface area (Å²) in [6.07, 6.45) is -0.150. The number of primary amides is 1. The van der Waals surface area contributed by atoms with Crippen LogP contribution in [0.3, 0.4) is 0 Å². The van der Waals surface area contributed by atoms with Gasteiger partial charge in [-0.2, -0.15) is 0 Å². The first-order chi connectivity index (χ1) is 7.31. The molecule has 7 heteroatoms. The van der Waals surface area contributed by atoms with E-state index >= 15 is 0 Å². The minimum Gasteiger partial charge on any atom is -0.479 e. The topological polar surface area (TPSA) is 119 Å². The second kappa shape index (κ2) is 5.74. The van der Waals surface area contributed by atoms with Gasteiger partial charge in [0.15, 0.2) is 0 Å². The number of alkyl carbamates (subject to hydrolysis) is 1. The highest BCUT2D eigenvalue weighted by atomic mass is 16.5. The number of nitrogens with one attached hydrogen (secondary N) is 1. The summed E-state index contributed by atoms with van der Waals surface area (Å²) < 4.78 is 4.54. The molecule has 0 aliphatic heterocycles. The fourth-order valence-electron chi connectivity index (χ4n) is 0.918. The maximum Gasteiger partial charge on any atom is 0.408 e. The lowest BCUT2D eigenvalue weighted by Crippen LogP contribution is -2.54. The van der Waals surface area contributed by atoms with Crippen molar-refractivity contribution in [3.05, 3.63) is 12.7 Å². The smallest absolute Gasteiger partial charge is 0.408 e. The van der Waals surface area contributed by atoms with Crippen molar-refractivity contribution >= 4 is 18.0 Å². The minimum atomic E-state index is -1.77. The number of aliphatic carboxylic acids is 1. The van der Waals surface area contributed by atoms with E-state index in [0.29, 0.717) is 0 Å². The molecule has 0 saturated carbocycles. The number of nitrogens with two attached hydrogens (primary N) is 1. The van der Waals surface area contributed by atoms with E-state index in [0.717, 1.165) is 6.92 Å². The Hall–Kier alpha value is -2.05. The predicted octanol–water partition coefficient (Wildman–Crippen LogP) is -0.383. The molecule has 0 heterocycles. The van der Waals surface area contributed by atoms with Gasteiger partial charge in [0.1, 0.15) is 12.1 Å². The number of carbonyl (C=O) groups excluding carboxylic acids is 2. The quantitative estimate of drug-likeness (QED) is 0.537. The van der Waals surface area contributed by atoms with Gasteiger partial charge in [-0.25, -0.2) is 9.59 Å². The minimum absolute atomic E-state index is 0.0574. The van der Waals surface area contributed by atoms with Crippen molar-refractivity contribution < 1.29 is 24.2 Å². The molecule has 0 unspecified atom stereocenters. The van der Waals surface area contributed by atoms with Crippen molar-refractivity contribution in [2.24, 2.45) is 5.73 Å². The Labute approximate surface area is 92.3 Å². The van der Waals surface area contributed by atoms with Crippen molar-refractivity contribution in [2.45, 2.75) is 18.9 Å². The van der Waals surface area contributed by atoms with E-state index in [2.05, 4.69) is 11.3 Å². The summed E-state index contributed by atoms with van der Waals surface area (Å²) >= 11 is 0. The highest BCUT2D eigenvalue weighted by Crippen LogP contribution is 2.09. The van der Waals surface area contributed by atoms with E-state index in [4.69, 9.17) is 10.8 Å². The standard InChI is InChI=1S/C9H14N2O5/c1-3-4-16-8(15)11-9(2,7(13)14)5-6(10)12/h3H,1,4-5H2,2H3,(H2,10,12)(H,11,15)(H,13,14)/t9-/m1/s1. The summed E-state index contributed by atoms with van der Waals surface area (Å²) in [7, 11) is 0. The van der Waals surface area contributed by atoms with Gasteiger partial charge in [0.05, 0.1) is 6.42 Å². The number of carboxylic acid groups (broad SMARTS) is 1. The molecular weight excluding hydrogens is 216 g/mol. The predicted molar refractivity (Wildman–Crippen MR) is 54.5 cm³/mol. The van der Waals surface area contributed by atoms with Crippen LogP contribution in [-0.2, 0) is 14.3 Å². The number of hydrogen-bond donors (Lipinski definition) is 3. The summed E-state index contributed by atoms with van der Waals surface area (Å²) in [5.74, 6) is -2.21. The average Bonchev–Trinajstić information content (AvgIpc) is 2.12. The molecule has 0 aromatic carbocycles. The number of ether oxygens (including phenoxy) is 1. The van der Waals surface area contributed by atoms with Crippen LogP contribution in [0.5, 0.6) is 0 Å². The Morgan fingerprint density at radius 1 is 1.56 bits per heavy atom. The second-order valence-electron chi connectivity index (χ2n) is 3.29. The molecule has 0 radical (unpaired) electrons. The van der Waals surface area contributed by atoms with Crippen LogP contribution in [0.2, 0.25) is 0 Å². The van der Waals surface area contributed by atoms with Crippen LogP contribution >= 0.6 is 0 Å². The first-order valence-corrected chi connectivity index (χ1v) is 4.39. The SMILES string of the molecule is C=CCOC(=O)N[C@](C)(CC(N)=O)C(=O)O. The molecule has 0 aromatic rings. The Balaban J connectivity index is 4.55. The Morgan fingerprint density at radius 2 is 2.12 bits per heavy atom. The molecule has 0 fully saturated rings. The summed E-state index contributed by atoms with van der Waals surface area (Å²) in [6, 6.07) is 0. The second-order valence-corrected chi connectivity index (χ2v) is 3.29. The van der Waals surface area contributed by atoms with Crippen molar-refractivity contribution in [3.63, 3.8) is 0 Å². The molecular formula is C9H14N2O5. The Bertz CT molecular complexity index is 315. The van der Waals surface area contributed by atoms with E-state index in [1.165, 1.54) is 6.08 Å². The molecule has 0 spiro atoms. The molecule has 0 aromatic heterocycles. The van der Waals surface area contributed by atoms with E-state index in [1.807, 2.05) is 5.32 Å². The zero-order chi connectivity index (χ0) is 12.8. The van der Waals surface area contributed by atoms with E-state index < -0.39 is 29.9 Å². The number of amides is 2. The molecule has 0 aliphatic rings. The first kappa shape index (κ1) is 13.9. The molecule has 0 aliphatic carbocycles. The van der Waals surface area contributed by atoms with Crippen molar-refractivity contribution in [1.82, 2.24) is 5.32 Å². The van der Waals surface area contributed by atoms with Gasteiger partial charge in [-0.1, -0.05) is 12.7 Å². The van der Waals surface area contributed by atoms with Gasteiger partial charge >= 0.3 is 12.1 Å². The van der Waals surface area contributed by atoms with Gasteiger partial charge in [0.2, 0.25) is 5.91 Å². The van der Waals surface area contributed by atoms with Crippen LogP contribution in [0.15, 0.2) is 12.7 Å². The largest absolute Gasteiger partial charge is 0.479 e. The van der Waals surface area contributed by atoms with Gasteiger partial charge < -0.3 is 20.9 Å². The number of carbonyl (C=O) groups is 3. The molecule has 0 bridgehead atoms. The molecule has 16 heavy (non-hydrogen) atoms. The molecule has 0 saturated heterocycles. The Kier molecular flexibility index (Phi) is 5.00. The summed E-state index contributed by atoms with van der Waals surface area (Å²) in [5.41, 5.74) is 3.11. The monoisotopic (exact) mass is 230 g/mol. The zero-order valence-corrected chi connectivity index (χ0v) is 8.86. The van der Waals surface area contributed by atoms with Gasteiger partial charge in [-0.3, -0.25) is 4.79 Å². The van der Waals surface area contributed by atoms with Crippen molar-refractivity contribution in [3.8, 4) is 0 Å². The molecule has 1 atom stereocenters. The fourth-order valence-corrected chi connectivity index (χ4v) is 0.918. The Morgan fingerprint density at radius 3 is 2.50 bits per heavy atom. The molecule has 0 rings (SSSR count). The highest BCUT2D eigenvalue weighted by molar-refractivity contribution is 5.89. The lowest BCUT2D eigenvalue weighted by Gasteiger charge is -2.24. The van der Waals surface area contributed by atoms with Crippen LogP contribution in [0.1, 0.15) is 13.3 Å². The summed E-state index contributed by atoms with van der Waals surface area (Å²) in [5, 5.41) is 10.9. The fraction of sp³-hybridized carbons (Fsp3) is 0.444. The van der Waals surface area contributed by atoms with Crippen LogP contribution in [-0.4, -0.2) is 35.2 Å². The van der Waals surface area contributed by atoms with E-state index in [1.54, 1.807) is 0 Å². The van der Waals surface area contributed by atoms with Gasteiger partial charge in [-0.05, 0) is 6.92 Å². The van der Waals surface area contributed by atoms with Crippen LogP contribution in [0, 0.1) is 0 Å². The van der Waals surface area contributed by atoms with E-state index in [9.17, 15) is 14.4 Å². The van der Waals surface area contributed by atoms with Crippen LogP contribution in [0.4, 0.5) is 4.79 Å². The average molecular weight is 230 g/mol. The molecule has 7 nitrogen and oxygen atoms in total. The normalized spacial score (nSPS) is 13.3. The molecule has 4 N–H and O–H groups in total. The third-order valence-electron chi connectivity index (χ3n) is 1.71. The number of rotatable bonds is 6. The highest BCUT2D eigenvalue weighted by Gasteiger charge is 2.37. The van der Waals surface area contributed by atoms with E-state index in [-0.39, 0.29) is 6.61 Å². The van der Waals surface area contributed by atoms with Crippen LogP contribution in [0.25, 0.3) is 0 Å². The lowest BCUT2D eigenvalue weighted by molar-refractivity contribution is -0.146. The summed E-state index contributed by atoms with van der Waals surface area (Å²) in [4.78, 5) is 32.6. The zero-order valence-electron chi connectivity index (χ0n) is 8.86. The van der Waals surface area contributed by atoms with Crippen LogP contribution < -0.4 is 11.1 Å². The lowest BCUT2D eigenvalue weighted by atomic mass is 9.98. The maximum absolute atomic E-state index is 11.1. The number of carboxylic acids is 1. The van der Waals surface area contributed by atoms with Gasteiger partial charge in [0.25, 0.3) is 0 Å². The molecule has 90 valence electrons. The summed E-state index contributed by atoms with van der Waals surface area (Å²) in [6.45, 7) is 4.42. The van der Waals surface area contributed by atoms with Crippen molar-refractivity contribution in [2.75, 3.05) is 6.61 Å². The number of hydrogen-bond acceptors (Lipinski definition) is 4. The van der Waals surface area contributed by atoms with Gasteiger partial charge in [0, 0.05) is 0 Å². The third-order valence-corrected chi connectivity index (χ3v) is 1.71. The van der Waals surface area contributed by atoms with Crippen molar-refractivity contribution in [1.29, 1.82) is 0 Å². The van der Waals surface area contributed by atoms with Gasteiger partial charge in [-0.15, -0.1) is 0 Å². The third kappa shape index (κ3) is 4.45. The molecule has 2 amide bonds.